The van der Waals surface area contributed by atoms with Gasteiger partial charge in [-0.2, -0.15) is 0 Å². The van der Waals surface area contributed by atoms with Gasteiger partial charge in [0.2, 0.25) is 0 Å². The summed E-state index contributed by atoms with van der Waals surface area (Å²) in [5.41, 5.74) is 13.1. The summed E-state index contributed by atoms with van der Waals surface area (Å²) in [5.74, 6) is 1.57. The number of rotatable bonds is 24. The predicted octanol–water partition coefficient (Wildman–Crippen LogP) is 12.1. The number of hydrogen-bond acceptors (Lipinski definition) is 8. The Bertz CT molecular complexity index is 2560. The summed E-state index contributed by atoms with van der Waals surface area (Å²) < 4.78 is 47.2. The zero-order valence-corrected chi connectivity index (χ0v) is 41.7. The molecule has 0 N–H and O–H groups in total. The van der Waals surface area contributed by atoms with Crippen molar-refractivity contribution in [2.45, 2.75) is 10.8 Å². The molecule has 2 atom stereocenters. The number of ether oxygens (including phenoxy) is 8. The molecule has 0 aliphatic heterocycles. The molecule has 0 saturated heterocycles. The largest absolute Gasteiger partial charge is 0.491 e. The van der Waals surface area contributed by atoms with Gasteiger partial charge in [0.25, 0.3) is 0 Å². The van der Waals surface area contributed by atoms with E-state index < -0.39 is 10.8 Å². The molecule has 7 aromatic carbocycles. The summed E-state index contributed by atoms with van der Waals surface area (Å²) in [6.07, 6.45) is 0. The number of halogens is 2. The molecule has 2 aliphatic rings. The number of fused-ring (bicyclic) bond motifs is 6. The number of methoxy groups -OCH3 is 2. The molecule has 8 nitrogen and oxygen atoms in total. The van der Waals surface area contributed by atoms with Crippen molar-refractivity contribution in [2.24, 2.45) is 0 Å². The minimum Gasteiger partial charge on any atom is -0.491 e. The standard InChI is InChI=1S/C58H56Br2O8/c1-61-25-27-63-29-31-65-33-35-67-47-19-13-43(14-20-47)57(41-9-5-3-6-10-41)53-37-45(59)17-23-49(53)51-40-56-52(39-55(51)57)50-24-18-46(60)38-54(50)58(56,42-11-7-4-8-12-42)44-15-21-48(22-16-44)68-36-34-66-32-30-64-28-26-62-2/h3-24,37-40H,25-36H2,1-2H3/t57-,58-/m1/s1. The van der Waals surface area contributed by atoms with Gasteiger partial charge in [-0.05, 0) is 127 Å². The quantitative estimate of drug-likeness (QED) is 0.0554. The van der Waals surface area contributed by atoms with E-state index in [1.54, 1.807) is 14.2 Å². The number of hydrogen-bond donors (Lipinski definition) is 0. The predicted molar refractivity (Wildman–Crippen MR) is 274 cm³/mol. The Morgan fingerprint density at radius 3 is 1.01 bits per heavy atom. The van der Waals surface area contributed by atoms with Gasteiger partial charge in [0.05, 0.1) is 76.9 Å². The van der Waals surface area contributed by atoms with Gasteiger partial charge in [-0.3, -0.25) is 0 Å². The second-order valence-corrected chi connectivity index (χ2v) is 18.6. The first kappa shape index (κ1) is 47.9. The second kappa shape index (κ2) is 22.5. The normalized spacial score (nSPS) is 16.5. The Morgan fingerprint density at radius 1 is 0.324 bits per heavy atom. The zero-order chi connectivity index (χ0) is 46.8. The van der Waals surface area contributed by atoms with Crippen LogP contribution in [0.5, 0.6) is 11.5 Å². The topological polar surface area (TPSA) is 73.8 Å². The van der Waals surface area contributed by atoms with Crippen LogP contribution in [-0.4, -0.2) is 93.5 Å². The Labute approximate surface area is 416 Å². The third-order valence-corrected chi connectivity index (χ3v) is 13.9. The van der Waals surface area contributed by atoms with Crippen molar-refractivity contribution in [1.29, 1.82) is 0 Å². The van der Waals surface area contributed by atoms with E-state index in [0.717, 1.165) is 31.6 Å². The molecule has 68 heavy (non-hydrogen) atoms. The van der Waals surface area contributed by atoms with Crippen LogP contribution >= 0.6 is 31.9 Å². The van der Waals surface area contributed by atoms with E-state index in [2.05, 4.69) is 190 Å². The lowest BCUT2D eigenvalue weighted by molar-refractivity contribution is 0.0180. The van der Waals surface area contributed by atoms with E-state index >= 15 is 0 Å². The van der Waals surface area contributed by atoms with E-state index in [-0.39, 0.29) is 0 Å². The molecule has 0 radical (unpaired) electrons. The van der Waals surface area contributed by atoms with Crippen LogP contribution in [0.15, 0.2) is 167 Å². The summed E-state index contributed by atoms with van der Waals surface area (Å²) >= 11 is 7.82. The lowest BCUT2D eigenvalue weighted by atomic mass is 9.66. The zero-order valence-electron chi connectivity index (χ0n) is 38.5. The van der Waals surface area contributed by atoms with E-state index in [4.69, 9.17) is 37.9 Å². The third kappa shape index (κ3) is 9.58. The first-order valence-corrected chi connectivity index (χ1v) is 24.7. The van der Waals surface area contributed by atoms with Crippen molar-refractivity contribution in [3.63, 3.8) is 0 Å². The van der Waals surface area contributed by atoms with Crippen LogP contribution in [0.4, 0.5) is 0 Å². The monoisotopic (exact) mass is 1040 g/mol. The Kier molecular flexibility index (Phi) is 15.9. The van der Waals surface area contributed by atoms with Crippen molar-refractivity contribution in [3.8, 4) is 33.8 Å². The molecule has 2 aliphatic carbocycles. The highest BCUT2D eigenvalue weighted by Gasteiger charge is 2.51. The molecule has 0 unspecified atom stereocenters. The Morgan fingerprint density at radius 2 is 0.647 bits per heavy atom. The van der Waals surface area contributed by atoms with Crippen LogP contribution in [0.3, 0.4) is 0 Å². The van der Waals surface area contributed by atoms with Crippen LogP contribution < -0.4 is 9.47 Å². The highest BCUT2D eigenvalue weighted by molar-refractivity contribution is 9.10. The van der Waals surface area contributed by atoms with Crippen LogP contribution in [-0.2, 0) is 39.3 Å². The molecule has 10 heteroatoms. The maximum atomic E-state index is 6.22. The summed E-state index contributed by atoms with van der Waals surface area (Å²) in [7, 11) is 3.33. The van der Waals surface area contributed by atoms with E-state index in [1.807, 2.05) is 0 Å². The van der Waals surface area contributed by atoms with Gasteiger partial charge in [-0.1, -0.05) is 129 Å². The average molecular weight is 1040 g/mol. The molecule has 0 aromatic heterocycles. The summed E-state index contributed by atoms with van der Waals surface area (Å²) in [6.45, 7) is 6.09. The van der Waals surface area contributed by atoms with Gasteiger partial charge < -0.3 is 37.9 Å². The van der Waals surface area contributed by atoms with Crippen molar-refractivity contribution < 1.29 is 37.9 Å². The van der Waals surface area contributed by atoms with Crippen LogP contribution in [0.2, 0.25) is 0 Å². The fraction of sp³-hybridized carbons (Fsp3) is 0.276. The molecular weight excluding hydrogens is 984 g/mol. The van der Waals surface area contributed by atoms with Crippen molar-refractivity contribution in [2.75, 3.05) is 93.5 Å². The van der Waals surface area contributed by atoms with Gasteiger partial charge in [0.15, 0.2) is 0 Å². The maximum Gasteiger partial charge on any atom is 0.119 e. The SMILES string of the molecule is COCCOCCOCCOc1ccc([C@]2(c3ccccc3)c3cc(Br)ccc3-c3cc4c(cc32)-c2ccc(Br)cc2[C@@]4(c2ccccc2)c2ccc(OCCOCCOCCOC)cc2)cc1. The van der Waals surface area contributed by atoms with Crippen LogP contribution in [0.1, 0.15) is 44.5 Å². The van der Waals surface area contributed by atoms with Crippen LogP contribution in [0, 0.1) is 0 Å². The molecule has 0 bridgehead atoms. The first-order valence-electron chi connectivity index (χ1n) is 23.2. The van der Waals surface area contributed by atoms with Gasteiger partial charge in [-0.25, -0.2) is 0 Å². The minimum atomic E-state index is -0.650. The Balaban J connectivity index is 1.11. The molecule has 7 aromatic rings. The van der Waals surface area contributed by atoms with Gasteiger partial charge in [-0.15, -0.1) is 0 Å². The maximum absolute atomic E-state index is 6.22. The Hall–Kier alpha value is -5.14. The molecule has 350 valence electrons. The third-order valence-electron chi connectivity index (χ3n) is 12.9. The average Bonchev–Trinajstić information content (AvgIpc) is 3.81. The fourth-order valence-electron chi connectivity index (χ4n) is 10.0. The van der Waals surface area contributed by atoms with Crippen molar-refractivity contribution in [3.05, 3.63) is 211 Å². The lowest BCUT2D eigenvalue weighted by Gasteiger charge is -2.35. The molecule has 0 fully saturated rings. The molecule has 0 saturated carbocycles. The van der Waals surface area contributed by atoms with Crippen molar-refractivity contribution in [1.82, 2.24) is 0 Å². The van der Waals surface area contributed by atoms with Crippen LogP contribution in [0.25, 0.3) is 22.3 Å². The highest BCUT2D eigenvalue weighted by atomic mass is 79.9. The lowest BCUT2D eigenvalue weighted by Crippen LogP contribution is -2.30. The second-order valence-electron chi connectivity index (χ2n) is 16.7. The van der Waals surface area contributed by atoms with E-state index in [9.17, 15) is 0 Å². The summed E-state index contributed by atoms with van der Waals surface area (Å²) in [5, 5.41) is 0. The van der Waals surface area contributed by atoms with Gasteiger partial charge in [0, 0.05) is 23.2 Å². The number of benzene rings is 7. The molecule has 0 amide bonds. The summed E-state index contributed by atoms with van der Waals surface area (Å²) in [4.78, 5) is 0. The van der Waals surface area contributed by atoms with E-state index in [1.165, 1.54) is 55.6 Å². The van der Waals surface area contributed by atoms with Gasteiger partial charge >= 0.3 is 0 Å². The van der Waals surface area contributed by atoms with E-state index in [0.29, 0.717) is 79.3 Å². The summed E-state index contributed by atoms with van der Waals surface area (Å²) in [6, 6.07) is 57.6. The van der Waals surface area contributed by atoms with Crippen molar-refractivity contribution >= 4 is 31.9 Å². The minimum absolute atomic E-state index is 0.432. The molecular formula is C58H56Br2O8. The first-order chi connectivity index (χ1) is 33.5. The molecule has 0 heterocycles. The smallest absolute Gasteiger partial charge is 0.119 e. The molecule has 9 rings (SSSR count). The fourth-order valence-corrected chi connectivity index (χ4v) is 10.7. The molecule has 0 spiro atoms. The highest BCUT2D eigenvalue weighted by Crippen LogP contribution is 2.63. The van der Waals surface area contributed by atoms with Gasteiger partial charge in [0.1, 0.15) is 24.7 Å².